The lowest BCUT2D eigenvalue weighted by Gasteiger charge is -2.32. The van der Waals surface area contributed by atoms with Crippen molar-refractivity contribution in [2.45, 2.75) is 19.4 Å². The van der Waals surface area contributed by atoms with Crippen LogP contribution in [0.4, 0.5) is 4.39 Å². The second-order valence-corrected chi connectivity index (χ2v) is 7.14. The average Bonchev–Trinajstić information content (AvgIpc) is 2.72. The number of benzene rings is 2. The SMILES string of the molecule is COc1cc(C(=S)N2CCC(C(N)=O)CC2)ccc1OCc1ccc(F)cc1. The van der Waals surface area contributed by atoms with E-state index in [1.165, 1.54) is 12.1 Å². The van der Waals surface area contributed by atoms with Gasteiger partial charge in [-0.25, -0.2) is 4.39 Å². The molecule has 0 unspecified atom stereocenters. The van der Waals surface area contributed by atoms with Crippen LogP contribution in [0.25, 0.3) is 0 Å². The zero-order chi connectivity index (χ0) is 20.1. The zero-order valence-electron chi connectivity index (χ0n) is 15.7. The van der Waals surface area contributed by atoms with Gasteiger partial charge in [0, 0.05) is 24.6 Å². The number of methoxy groups -OCH3 is 1. The van der Waals surface area contributed by atoms with Gasteiger partial charge in [-0.15, -0.1) is 0 Å². The fourth-order valence-electron chi connectivity index (χ4n) is 3.21. The molecule has 0 spiro atoms. The highest BCUT2D eigenvalue weighted by atomic mass is 32.1. The van der Waals surface area contributed by atoms with Crippen LogP contribution in [0.15, 0.2) is 42.5 Å². The van der Waals surface area contributed by atoms with Crippen molar-refractivity contribution in [1.82, 2.24) is 4.90 Å². The highest BCUT2D eigenvalue weighted by Crippen LogP contribution is 2.30. The predicted octanol–water partition coefficient (Wildman–Crippen LogP) is 3.29. The number of hydrogen-bond donors (Lipinski definition) is 1. The van der Waals surface area contributed by atoms with Crippen LogP contribution in [0, 0.1) is 11.7 Å². The molecule has 2 aromatic carbocycles. The molecule has 2 aromatic rings. The standard InChI is InChI=1S/C21H23FN2O3S/c1-26-19-12-16(21(28)24-10-8-15(9-11-24)20(23)25)4-7-18(19)27-13-14-2-5-17(22)6-3-14/h2-7,12,15H,8-11,13H2,1H3,(H2,23,25). The molecule has 148 valence electrons. The lowest BCUT2D eigenvalue weighted by Crippen LogP contribution is -2.41. The van der Waals surface area contributed by atoms with Gasteiger partial charge in [-0.05, 0) is 48.7 Å². The minimum atomic E-state index is -0.279. The summed E-state index contributed by atoms with van der Waals surface area (Å²) in [6, 6.07) is 11.7. The Bertz CT molecular complexity index is 849. The first-order valence-electron chi connectivity index (χ1n) is 9.12. The molecule has 2 N–H and O–H groups in total. The monoisotopic (exact) mass is 402 g/mol. The Morgan fingerprint density at radius 1 is 1.18 bits per heavy atom. The highest BCUT2D eigenvalue weighted by Gasteiger charge is 2.25. The van der Waals surface area contributed by atoms with E-state index >= 15 is 0 Å². The molecular weight excluding hydrogens is 379 g/mol. The van der Waals surface area contributed by atoms with Gasteiger partial charge in [-0.1, -0.05) is 24.4 Å². The lowest BCUT2D eigenvalue weighted by atomic mass is 9.96. The Hall–Kier alpha value is -2.67. The molecule has 0 radical (unpaired) electrons. The van der Waals surface area contributed by atoms with E-state index in [-0.39, 0.29) is 17.6 Å². The molecule has 0 saturated carbocycles. The lowest BCUT2D eigenvalue weighted by molar-refractivity contribution is -0.122. The van der Waals surface area contributed by atoms with Crippen molar-refractivity contribution in [3.63, 3.8) is 0 Å². The molecule has 1 heterocycles. The molecule has 3 rings (SSSR count). The van der Waals surface area contributed by atoms with Crippen molar-refractivity contribution in [3.05, 3.63) is 59.4 Å². The second kappa shape index (κ2) is 9.01. The number of piperidine rings is 1. The summed E-state index contributed by atoms with van der Waals surface area (Å²) in [5, 5.41) is 0. The summed E-state index contributed by atoms with van der Waals surface area (Å²) in [5.74, 6) is 0.574. The van der Waals surface area contributed by atoms with Gasteiger partial charge >= 0.3 is 0 Å². The van der Waals surface area contributed by atoms with E-state index in [9.17, 15) is 9.18 Å². The van der Waals surface area contributed by atoms with E-state index in [0.717, 1.165) is 11.1 Å². The number of hydrogen-bond acceptors (Lipinski definition) is 4. The summed E-state index contributed by atoms with van der Waals surface area (Å²) < 4.78 is 24.3. The zero-order valence-corrected chi connectivity index (χ0v) is 16.5. The first kappa shape index (κ1) is 20.1. The summed E-state index contributed by atoms with van der Waals surface area (Å²) in [6.07, 6.45) is 1.43. The maximum Gasteiger partial charge on any atom is 0.220 e. The average molecular weight is 402 g/mol. The van der Waals surface area contributed by atoms with Crippen molar-refractivity contribution in [2.24, 2.45) is 11.7 Å². The minimum Gasteiger partial charge on any atom is -0.493 e. The number of nitrogens with two attached hydrogens (primary N) is 1. The fraction of sp³-hybridized carbons (Fsp3) is 0.333. The molecule has 5 nitrogen and oxygen atoms in total. The smallest absolute Gasteiger partial charge is 0.220 e. The first-order chi connectivity index (χ1) is 13.5. The van der Waals surface area contributed by atoms with E-state index in [0.29, 0.717) is 49.0 Å². The number of rotatable bonds is 6. The number of nitrogens with zero attached hydrogens (tertiary/aromatic N) is 1. The van der Waals surface area contributed by atoms with Gasteiger partial charge in [-0.2, -0.15) is 0 Å². The topological polar surface area (TPSA) is 64.8 Å². The third kappa shape index (κ3) is 4.78. The maximum absolute atomic E-state index is 13.0. The summed E-state index contributed by atoms with van der Waals surface area (Å²) in [7, 11) is 1.57. The number of carbonyl (C=O) groups excluding carboxylic acids is 1. The summed E-state index contributed by atoms with van der Waals surface area (Å²) in [6.45, 7) is 1.72. The van der Waals surface area contributed by atoms with E-state index in [4.69, 9.17) is 27.4 Å². The van der Waals surface area contributed by atoms with Crippen LogP contribution in [0.3, 0.4) is 0 Å². The third-order valence-electron chi connectivity index (χ3n) is 4.90. The van der Waals surface area contributed by atoms with Crippen molar-refractivity contribution in [3.8, 4) is 11.5 Å². The molecule has 0 aromatic heterocycles. The summed E-state index contributed by atoms with van der Waals surface area (Å²) in [5.41, 5.74) is 7.11. The quantitative estimate of drug-likeness (QED) is 0.752. The molecule has 1 saturated heterocycles. The summed E-state index contributed by atoms with van der Waals surface area (Å²) >= 11 is 5.63. The number of ether oxygens (including phenoxy) is 2. The van der Waals surface area contributed by atoms with Crippen LogP contribution in [0.5, 0.6) is 11.5 Å². The Labute approximate surface area is 169 Å². The normalized spacial score (nSPS) is 14.6. The van der Waals surface area contributed by atoms with Crippen LogP contribution >= 0.6 is 12.2 Å². The highest BCUT2D eigenvalue weighted by molar-refractivity contribution is 7.80. The number of likely N-dealkylation sites (tertiary alicyclic amines) is 1. The maximum atomic E-state index is 13.0. The molecule has 1 amide bonds. The number of thiocarbonyl (C=S) groups is 1. The van der Waals surface area contributed by atoms with Crippen molar-refractivity contribution in [2.75, 3.05) is 20.2 Å². The van der Waals surface area contributed by atoms with Gasteiger partial charge in [-0.3, -0.25) is 4.79 Å². The van der Waals surface area contributed by atoms with Gasteiger partial charge in [0.05, 0.1) is 7.11 Å². The first-order valence-corrected chi connectivity index (χ1v) is 9.52. The molecule has 28 heavy (non-hydrogen) atoms. The van der Waals surface area contributed by atoms with Crippen LogP contribution < -0.4 is 15.2 Å². The van der Waals surface area contributed by atoms with Crippen molar-refractivity contribution < 1.29 is 18.7 Å². The molecule has 7 heteroatoms. The van der Waals surface area contributed by atoms with Gasteiger partial charge in [0.25, 0.3) is 0 Å². The molecule has 0 atom stereocenters. The van der Waals surface area contributed by atoms with E-state index in [2.05, 4.69) is 4.90 Å². The number of primary amides is 1. The predicted molar refractivity (Wildman–Crippen MR) is 109 cm³/mol. The van der Waals surface area contributed by atoms with Crippen LogP contribution in [0.2, 0.25) is 0 Å². The molecular formula is C21H23FN2O3S. The number of amides is 1. The van der Waals surface area contributed by atoms with Crippen molar-refractivity contribution in [1.29, 1.82) is 0 Å². The van der Waals surface area contributed by atoms with Crippen LogP contribution in [-0.2, 0) is 11.4 Å². The second-order valence-electron chi connectivity index (χ2n) is 6.75. The van der Waals surface area contributed by atoms with Gasteiger partial charge < -0.3 is 20.1 Å². The molecule has 1 aliphatic rings. The van der Waals surface area contributed by atoms with Gasteiger partial charge in [0.15, 0.2) is 11.5 Å². The van der Waals surface area contributed by atoms with Crippen molar-refractivity contribution >= 4 is 23.1 Å². The Kier molecular flexibility index (Phi) is 6.46. The van der Waals surface area contributed by atoms with Gasteiger partial charge in [0.1, 0.15) is 17.4 Å². The Balaban J connectivity index is 1.66. The Morgan fingerprint density at radius 3 is 2.46 bits per heavy atom. The molecule has 0 aliphatic carbocycles. The minimum absolute atomic E-state index is 0.0733. The molecule has 0 bridgehead atoms. The molecule has 1 fully saturated rings. The van der Waals surface area contributed by atoms with E-state index in [1.807, 2.05) is 18.2 Å². The number of carbonyl (C=O) groups is 1. The summed E-state index contributed by atoms with van der Waals surface area (Å²) in [4.78, 5) is 14.1. The fourth-order valence-corrected chi connectivity index (χ4v) is 3.52. The molecule has 1 aliphatic heterocycles. The van der Waals surface area contributed by atoms with E-state index < -0.39 is 0 Å². The van der Waals surface area contributed by atoms with Crippen LogP contribution in [0.1, 0.15) is 24.0 Å². The number of halogens is 1. The Morgan fingerprint density at radius 2 is 1.86 bits per heavy atom. The third-order valence-corrected chi connectivity index (χ3v) is 5.40. The van der Waals surface area contributed by atoms with E-state index in [1.54, 1.807) is 19.2 Å². The van der Waals surface area contributed by atoms with Crippen LogP contribution in [-0.4, -0.2) is 36.0 Å². The largest absolute Gasteiger partial charge is 0.493 e. The van der Waals surface area contributed by atoms with Gasteiger partial charge in [0.2, 0.25) is 5.91 Å².